The summed E-state index contributed by atoms with van der Waals surface area (Å²) in [4.78, 5) is 20.0. The first kappa shape index (κ1) is 16.6. The first-order valence-corrected chi connectivity index (χ1v) is 9.09. The maximum absolute atomic E-state index is 11.3. The quantitative estimate of drug-likeness (QED) is 0.590. The molecule has 7 heteroatoms. The Hall–Kier alpha value is -1.21. The summed E-state index contributed by atoms with van der Waals surface area (Å²) in [5.41, 5.74) is 0.307. The van der Waals surface area contributed by atoms with Gasteiger partial charge >= 0.3 is 5.69 Å². The Bertz CT molecular complexity index is 581. The van der Waals surface area contributed by atoms with Gasteiger partial charge in [-0.1, -0.05) is 6.42 Å². The maximum Gasteiger partial charge on any atom is 0.312 e. The molecule has 2 aliphatic heterocycles. The number of hydrogen-bond donors (Lipinski definition) is 0. The molecule has 2 aliphatic rings. The number of likely N-dealkylation sites (tertiary alicyclic amines) is 1. The van der Waals surface area contributed by atoms with E-state index in [0.29, 0.717) is 10.3 Å². The average Bonchev–Trinajstić information content (AvgIpc) is 2.56. The van der Waals surface area contributed by atoms with Gasteiger partial charge < -0.3 is 4.90 Å². The average molecular weight is 383 g/mol. The van der Waals surface area contributed by atoms with E-state index in [1.165, 1.54) is 32.4 Å². The Kier molecular flexibility index (Phi) is 4.87. The fourth-order valence-electron chi connectivity index (χ4n) is 3.75. The first-order chi connectivity index (χ1) is 11.0. The predicted octanol–water partition coefficient (Wildman–Crippen LogP) is 3.60. The van der Waals surface area contributed by atoms with Gasteiger partial charge in [0.15, 0.2) is 0 Å². The van der Waals surface area contributed by atoms with E-state index in [2.05, 4.69) is 37.6 Å². The summed E-state index contributed by atoms with van der Waals surface area (Å²) in [5.74, 6) is 0.499. The highest BCUT2D eigenvalue weighted by molar-refractivity contribution is 9.10. The highest BCUT2D eigenvalue weighted by Gasteiger charge is 2.37. The normalized spacial score (nSPS) is 22.1. The van der Waals surface area contributed by atoms with Crippen LogP contribution in [0.15, 0.2) is 16.7 Å². The second-order valence-electron chi connectivity index (χ2n) is 6.79. The molecule has 23 heavy (non-hydrogen) atoms. The minimum absolute atomic E-state index is 0.0842. The molecule has 0 aliphatic carbocycles. The van der Waals surface area contributed by atoms with Crippen molar-refractivity contribution in [3.63, 3.8) is 0 Å². The molecule has 2 fully saturated rings. The Labute approximate surface area is 145 Å². The van der Waals surface area contributed by atoms with Crippen LogP contribution >= 0.6 is 15.9 Å². The van der Waals surface area contributed by atoms with E-state index in [0.717, 1.165) is 25.9 Å². The molecule has 0 N–H and O–H groups in total. The summed E-state index contributed by atoms with van der Waals surface area (Å²) in [6, 6.07) is 1.54. The lowest BCUT2D eigenvalue weighted by Crippen LogP contribution is -2.55. The van der Waals surface area contributed by atoms with Crippen LogP contribution in [0.1, 0.15) is 39.0 Å². The van der Waals surface area contributed by atoms with Crippen LogP contribution in [0.25, 0.3) is 0 Å². The number of hydrogen-bond acceptors (Lipinski definition) is 5. The predicted molar refractivity (Wildman–Crippen MR) is 93.9 cm³/mol. The molecule has 0 radical (unpaired) electrons. The molecule has 1 aromatic heterocycles. The van der Waals surface area contributed by atoms with Crippen LogP contribution in [0, 0.1) is 10.1 Å². The van der Waals surface area contributed by atoms with Crippen molar-refractivity contribution >= 4 is 27.4 Å². The molecule has 126 valence electrons. The Morgan fingerprint density at radius 1 is 1.22 bits per heavy atom. The number of rotatable bonds is 3. The zero-order chi connectivity index (χ0) is 16.4. The van der Waals surface area contributed by atoms with Crippen molar-refractivity contribution in [3.05, 3.63) is 26.9 Å². The third-order valence-corrected chi connectivity index (χ3v) is 5.70. The molecular weight excluding hydrogens is 360 g/mol. The molecule has 0 atom stereocenters. The van der Waals surface area contributed by atoms with Gasteiger partial charge in [0.25, 0.3) is 0 Å². The van der Waals surface area contributed by atoms with Gasteiger partial charge in [-0.2, -0.15) is 0 Å². The number of nitrogens with zero attached hydrogens (tertiary/aromatic N) is 4. The lowest BCUT2D eigenvalue weighted by molar-refractivity contribution is -0.384. The smallest absolute Gasteiger partial charge is 0.312 e. The van der Waals surface area contributed by atoms with Gasteiger partial charge in [-0.25, -0.2) is 4.98 Å². The van der Waals surface area contributed by atoms with Crippen LogP contribution in [0.3, 0.4) is 0 Å². The Balaban J connectivity index is 1.73. The minimum atomic E-state index is -0.342. The SMILES string of the molecule is CC1(N2CCCCC2)CCN(c2ncc(Br)cc2[N+](=O)[O-])CC1. The molecule has 0 spiro atoms. The molecule has 3 heterocycles. The number of pyridine rings is 1. The summed E-state index contributed by atoms with van der Waals surface area (Å²) < 4.78 is 0.642. The Morgan fingerprint density at radius 3 is 2.48 bits per heavy atom. The summed E-state index contributed by atoms with van der Waals surface area (Å²) in [7, 11) is 0. The van der Waals surface area contributed by atoms with E-state index in [4.69, 9.17) is 0 Å². The van der Waals surface area contributed by atoms with Crippen molar-refractivity contribution in [1.29, 1.82) is 0 Å². The second kappa shape index (κ2) is 6.73. The number of halogens is 1. The van der Waals surface area contributed by atoms with E-state index < -0.39 is 0 Å². The van der Waals surface area contributed by atoms with Crippen LogP contribution in [-0.2, 0) is 0 Å². The first-order valence-electron chi connectivity index (χ1n) is 8.29. The van der Waals surface area contributed by atoms with Crippen LogP contribution in [0.2, 0.25) is 0 Å². The Morgan fingerprint density at radius 2 is 1.87 bits per heavy atom. The highest BCUT2D eigenvalue weighted by Crippen LogP contribution is 2.35. The minimum Gasteiger partial charge on any atom is -0.351 e. The molecule has 1 aromatic rings. The molecule has 0 unspecified atom stereocenters. The molecule has 0 amide bonds. The third-order valence-electron chi connectivity index (χ3n) is 5.27. The standard InChI is InChI=1S/C16H23BrN4O2/c1-16(20-7-3-2-4-8-20)5-9-19(10-6-16)15-14(21(22)23)11-13(17)12-18-15/h11-12H,2-10H2,1H3. The van der Waals surface area contributed by atoms with Gasteiger partial charge in [0.1, 0.15) is 0 Å². The van der Waals surface area contributed by atoms with Gasteiger partial charge in [0, 0.05) is 35.4 Å². The summed E-state index contributed by atoms with van der Waals surface area (Å²) in [6.07, 6.45) is 7.62. The van der Waals surface area contributed by atoms with E-state index in [1.54, 1.807) is 12.3 Å². The number of nitro groups is 1. The van der Waals surface area contributed by atoms with Gasteiger partial charge in [0.05, 0.1) is 4.92 Å². The lowest BCUT2D eigenvalue weighted by Gasteiger charge is -2.48. The third kappa shape index (κ3) is 3.50. The van der Waals surface area contributed by atoms with Crippen molar-refractivity contribution in [2.75, 3.05) is 31.1 Å². The topological polar surface area (TPSA) is 62.5 Å². The van der Waals surface area contributed by atoms with Gasteiger partial charge in [-0.3, -0.25) is 15.0 Å². The van der Waals surface area contributed by atoms with Crippen molar-refractivity contribution in [1.82, 2.24) is 9.88 Å². The van der Waals surface area contributed by atoms with Gasteiger partial charge in [-0.05, 0) is 61.6 Å². The fourth-order valence-corrected chi connectivity index (χ4v) is 4.07. The summed E-state index contributed by atoms with van der Waals surface area (Å²) in [6.45, 7) is 6.37. The van der Waals surface area contributed by atoms with Crippen molar-refractivity contribution in [2.45, 2.75) is 44.6 Å². The second-order valence-corrected chi connectivity index (χ2v) is 7.70. The summed E-state index contributed by atoms with van der Waals surface area (Å²) in [5, 5.41) is 11.3. The van der Waals surface area contributed by atoms with Crippen LogP contribution in [0.4, 0.5) is 11.5 Å². The summed E-state index contributed by atoms with van der Waals surface area (Å²) >= 11 is 3.27. The van der Waals surface area contributed by atoms with Crippen molar-refractivity contribution in [3.8, 4) is 0 Å². The van der Waals surface area contributed by atoms with Gasteiger partial charge in [-0.15, -0.1) is 0 Å². The molecular formula is C16H23BrN4O2. The van der Waals surface area contributed by atoms with Crippen molar-refractivity contribution in [2.24, 2.45) is 0 Å². The molecule has 6 nitrogen and oxygen atoms in total. The van der Waals surface area contributed by atoms with Crippen molar-refractivity contribution < 1.29 is 4.92 Å². The van der Waals surface area contributed by atoms with Crippen LogP contribution in [0.5, 0.6) is 0 Å². The maximum atomic E-state index is 11.3. The van der Waals surface area contributed by atoms with Crippen LogP contribution in [-0.4, -0.2) is 46.5 Å². The lowest BCUT2D eigenvalue weighted by atomic mass is 9.86. The fraction of sp³-hybridized carbons (Fsp3) is 0.688. The zero-order valence-electron chi connectivity index (χ0n) is 13.5. The molecule has 2 saturated heterocycles. The zero-order valence-corrected chi connectivity index (χ0v) is 15.1. The molecule has 0 aromatic carbocycles. The van der Waals surface area contributed by atoms with E-state index in [1.807, 2.05) is 0 Å². The molecule has 0 bridgehead atoms. The highest BCUT2D eigenvalue weighted by atomic mass is 79.9. The van der Waals surface area contributed by atoms with Gasteiger partial charge in [0.2, 0.25) is 5.82 Å². The molecule has 3 rings (SSSR count). The number of aromatic nitrogens is 1. The van der Waals surface area contributed by atoms with E-state index in [9.17, 15) is 10.1 Å². The largest absolute Gasteiger partial charge is 0.351 e. The van der Waals surface area contributed by atoms with E-state index in [-0.39, 0.29) is 16.1 Å². The monoisotopic (exact) mass is 382 g/mol. The molecule has 0 saturated carbocycles. The van der Waals surface area contributed by atoms with Crippen LogP contribution < -0.4 is 4.90 Å². The van der Waals surface area contributed by atoms with E-state index >= 15 is 0 Å². The number of piperidine rings is 2. The number of anilines is 1.